The highest BCUT2D eigenvalue weighted by atomic mass is 28.4. The standard InChI is InChI=1S/C12H24O2Si/c1-4-15(2,3)13-8-7-10-5-6-11-12(9-10)14-11/h10-12H,4-9H2,1-3H3. The summed E-state index contributed by atoms with van der Waals surface area (Å²) >= 11 is 0. The minimum Gasteiger partial charge on any atom is -0.417 e. The van der Waals surface area contributed by atoms with E-state index < -0.39 is 8.32 Å². The molecule has 88 valence electrons. The fraction of sp³-hybridized carbons (Fsp3) is 1.00. The van der Waals surface area contributed by atoms with Gasteiger partial charge in [-0.2, -0.15) is 0 Å². The summed E-state index contributed by atoms with van der Waals surface area (Å²) in [6.07, 6.45) is 6.47. The van der Waals surface area contributed by atoms with Crippen LogP contribution in [0, 0.1) is 5.92 Å². The van der Waals surface area contributed by atoms with E-state index >= 15 is 0 Å². The van der Waals surface area contributed by atoms with Crippen LogP contribution in [0.25, 0.3) is 0 Å². The van der Waals surface area contributed by atoms with Crippen molar-refractivity contribution < 1.29 is 9.16 Å². The molecule has 1 saturated carbocycles. The zero-order valence-corrected chi connectivity index (χ0v) is 11.3. The summed E-state index contributed by atoms with van der Waals surface area (Å²) in [6, 6.07) is 1.23. The Labute approximate surface area is 94.5 Å². The van der Waals surface area contributed by atoms with Crippen LogP contribution in [-0.4, -0.2) is 27.1 Å². The van der Waals surface area contributed by atoms with Crippen molar-refractivity contribution in [3.05, 3.63) is 0 Å². The molecule has 0 aromatic heterocycles. The van der Waals surface area contributed by atoms with E-state index in [4.69, 9.17) is 9.16 Å². The van der Waals surface area contributed by atoms with Gasteiger partial charge in [0.1, 0.15) is 0 Å². The molecule has 1 heterocycles. The van der Waals surface area contributed by atoms with E-state index in [1.54, 1.807) is 0 Å². The second-order valence-electron chi connectivity index (χ2n) is 5.64. The maximum absolute atomic E-state index is 6.03. The molecule has 0 N–H and O–H groups in total. The average Bonchev–Trinajstić information content (AvgIpc) is 2.96. The van der Waals surface area contributed by atoms with Crippen molar-refractivity contribution in [3.8, 4) is 0 Å². The van der Waals surface area contributed by atoms with E-state index in [2.05, 4.69) is 20.0 Å². The van der Waals surface area contributed by atoms with Gasteiger partial charge in [0.25, 0.3) is 0 Å². The Morgan fingerprint density at radius 1 is 1.27 bits per heavy atom. The Balaban J connectivity index is 1.61. The largest absolute Gasteiger partial charge is 0.417 e. The fourth-order valence-corrected chi connectivity index (χ4v) is 3.23. The molecule has 3 heteroatoms. The first kappa shape index (κ1) is 11.6. The first-order chi connectivity index (χ1) is 7.11. The first-order valence-electron chi connectivity index (χ1n) is 6.40. The van der Waals surface area contributed by atoms with Gasteiger partial charge in [-0.15, -0.1) is 0 Å². The number of rotatable bonds is 5. The molecule has 1 saturated heterocycles. The lowest BCUT2D eigenvalue weighted by Crippen LogP contribution is -2.30. The normalized spacial score (nSPS) is 35.0. The molecule has 0 bridgehead atoms. The van der Waals surface area contributed by atoms with E-state index in [9.17, 15) is 0 Å². The van der Waals surface area contributed by atoms with Crippen LogP contribution in [0.15, 0.2) is 0 Å². The number of fused-ring (bicyclic) bond motifs is 1. The van der Waals surface area contributed by atoms with E-state index in [-0.39, 0.29) is 0 Å². The lowest BCUT2D eigenvalue weighted by molar-refractivity contribution is 0.247. The van der Waals surface area contributed by atoms with E-state index in [0.717, 1.165) is 12.5 Å². The molecule has 3 unspecified atom stereocenters. The van der Waals surface area contributed by atoms with Gasteiger partial charge in [-0.25, -0.2) is 0 Å². The van der Waals surface area contributed by atoms with Crippen LogP contribution in [0.4, 0.5) is 0 Å². The summed E-state index contributed by atoms with van der Waals surface area (Å²) < 4.78 is 11.6. The summed E-state index contributed by atoms with van der Waals surface area (Å²) in [5, 5.41) is 0. The zero-order chi connectivity index (χ0) is 10.9. The third-order valence-electron chi connectivity index (χ3n) is 3.98. The van der Waals surface area contributed by atoms with Gasteiger partial charge >= 0.3 is 0 Å². The van der Waals surface area contributed by atoms with Gasteiger partial charge in [-0.3, -0.25) is 0 Å². The Kier molecular flexibility index (Phi) is 3.53. The minimum atomic E-state index is -1.30. The molecule has 0 radical (unpaired) electrons. The van der Waals surface area contributed by atoms with Gasteiger partial charge in [0.2, 0.25) is 0 Å². The molecular weight excluding hydrogens is 204 g/mol. The summed E-state index contributed by atoms with van der Waals surface area (Å²) in [5.41, 5.74) is 0. The van der Waals surface area contributed by atoms with Gasteiger partial charge in [-0.1, -0.05) is 6.92 Å². The Hall–Kier alpha value is 0.137. The lowest BCUT2D eigenvalue weighted by atomic mass is 9.87. The number of hydrogen-bond donors (Lipinski definition) is 0. The SMILES string of the molecule is CC[Si](C)(C)OCCC1CCC2OC2C1. The van der Waals surface area contributed by atoms with Crippen molar-refractivity contribution in [2.75, 3.05) is 6.61 Å². The Bertz CT molecular complexity index is 218. The maximum Gasteiger partial charge on any atom is 0.186 e. The van der Waals surface area contributed by atoms with Crippen molar-refractivity contribution in [1.29, 1.82) is 0 Å². The van der Waals surface area contributed by atoms with Crippen molar-refractivity contribution >= 4 is 8.32 Å². The molecule has 0 aromatic rings. The second-order valence-corrected chi connectivity index (χ2v) is 10.2. The molecule has 1 aliphatic heterocycles. The summed E-state index contributed by atoms with van der Waals surface area (Å²) in [7, 11) is -1.30. The predicted octanol–water partition coefficient (Wildman–Crippen LogP) is 3.19. The van der Waals surface area contributed by atoms with Crippen LogP contribution in [0.2, 0.25) is 19.1 Å². The first-order valence-corrected chi connectivity index (χ1v) is 9.51. The Morgan fingerprint density at radius 2 is 2.07 bits per heavy atom. The molecule has 15 heavy (non-hydrogen) atoms. The summed E-state index contributed by atoms with van der Waals surface area (Å²) in [4.78, 5) is 0. The van der Waals surface area contributed by atoms with Gasteiger partial charge in [0.05, 0.1) is 12.2 Å². The van der Waals surface area contributed by atoms with Crippen LogP contribution < -0.4 is 0 Å². The van der Waals surface area contributed by atoms with Gasteiger partial charge < -0.3 is 9.16 Å². The van der Waals surface area contributed by atoms with Crippen LogP contribution in [-0.2, 0) is 9.16 Å². The quantitative estimate of drug-likeness (QED) is 0.532. The van der Waals surface area contributed by atoms with Gasteiger partial charge in [0, 0.05) is 6.61 Å². The molecule has 3 atom stereocenters. The smallest absolute Gasteiger partial charge is 0.186 e. The van der Waals surface area contributed by atoms with Crippen molar-refractivity contribution in [2.24, 2.45) is 5.92 Å². The molecular formula is C12H24O2Si. The second kappa shape index (κ2) is 4.56. The predicted molar refractivity (Wildman–Crippen MR) is 64.5 cm³/mol. The minimum absolute atomic E-state index is 0.625. The maximum atomic E-state index is 6.03. The van der Waals surface area contributed by atoms with E-state index in [1.807, 2.05) is 0 Å². The zero-order valence-electron chi connectivity index (χ0n) is 10.3. The Morgan fingerprint density at radius 3 is 2.73 bits per heavy atom. The summed E-state index contributed by atoms with van der Waals surface area (Å²) in [5.74, 6) is 0.871. The molecule has 2 rings (SSSR count). The molecule has 0 spiro atoms. The molecule has 2 fully saturated rings. The molecule has 1 aliphatic carbocycles. The number of epoxide rings is 1. The van der Waals surface area contributed by atoms with Crippen molar-refractivity contribution in [3.63, 3.8) is 0 Å². The topological polar surface area (TPSA) is 21.8 Å². The van der Waals surface area contributed by atoms with Gasteiger partial charge in [0.15, 0.2) is 8.32 Å². The molecule has 2 aliphatic rings. The third kappa shape index (κ3) is 3.30. The summed E-state index contributed by atoms with van der Waals surface area (Å²) in [6.45, 7) is 7.85. The van der Waals surface area contributed by atoms with Crippen LogP contribution >= 0.6 is 0 Å². The van der Waals surface area contributed by atoms with E-state index in [1.165, 1.54) is 31.7 Å². The molecule has 0 aromatic carbocycles. The third-order valence-corrected chi connectivity index (χ3v) is 6.67. The highest BCUT2D eigenvalue weighted by Gasteiger charge is 2.43. The van der Waals surface area contributed by atoms with Crippen LogP contribution in [0.3, 0.4) is 0 Å². The van der Waals surface area contributed by atoms with Crippen LogP contribution in [0.1, 0.15) is 32.6 Å². The van der Waals surface area contributed by atoms with Crippen LogP contribution in [0.5, 0.6) is 0 Å². The molecule has 0 amide bonds. The monoisotopic (exact) mass is 228 g/mol. The lowest BCUT2D eigenvalue weighted by Gasteiger charge is -2.24. The van der Waals surface area contributed by atoms with Gasteiger partial charge in [-0.05, 0) is 50.7 Å². The highest BCUT2D eigenvalue weighted by Crippen LogP contribution is 2.40. The fourth-order valence-electron chi connectivity index (χ4n) is 2.35. The molecule has 2 nitrogen and oxygen atoms in total. The highest BCUT2D eigenvalue weighted by molar-refractivity contribution is 6.71. The van der Waals surface area contributed by atoms with Crippen molar-refractivity contribution in [2.45, 2.75) is 64.0 Å². The van der Waals surface area contributed by atoms with E-state index in [0.29, 0.717) is 12.2 Å². The van der Waals surface area contributed by atoms with Crippen molar-refractivity contribution in [1.82, 2.24) is 0 Å². The average molecular weight is 228 g/mol. The number of hydrogen-bond acceptors (Lipinski definition) is 2. The number of ether oxygens (including phenoxy) is 1.